The first kappa shape index (κ1) is 26.7. The van der Waals surface area contributed by atoms with Gasteiger partial charge in [0.2, 0.25) is 5.75 Å². The summed E-state index contributed by atoms with van der Waals surface area (Å²) in [5.41, 5.74) is 2.16. The van der Waals surface area contributed by atoms with Crippen LogP contribution in [0.5, 0.6) is 23.0 Å². The summed E-state index contributed by atoms with van der Waals surface area (Å²) in [4.78, 5) is 4.67. The number of nitrogens with zero attached hydrogens (tertiary/aromatic N) is 1. The van der Waals surface area contributed by atoms with Crippen molar-refractivity contribution in [3.8, 4) is 23.0 Å². The van der Waals surface area contributed by atoms with Crippen LogP contribution in [-0.4, -0.2) is 46.5 Å². The Balaban J connectivity index is 0.00000480. The Morgan fingerprint density at radius 1 is 0.968 bits per heavy atom. The Hall–Kier alpha value is -2.36. The molecule has 0 aliphatic heterocycles. The van der Waals surface area contributed by atoms with Crippen molar-refractivity contribution in [2.24, 2.45) is 4.99 Å². The minimum atomic E-state index is -0.0160. The molecule has 0 saturated carbocycles. The van der Waals surface area contributed by atoms with E-state index in [1.54, 1.807) is 21.3 Å². The lowest BCUT2D eigenvalue weighted by Gasteiger charge is -2.18. The number of nitrogens with one attached hydrogen (secondary N) is 2. The fourth-order valence-electron chi connectivity index (χ4n) is 2.87. The number of hydrogen-bond acceptors (Lipinski definition) is 5. The van der Waals surface area contributed by atoms with Gasteiger partial charge in [0.1, 0.15) is 11.9 Å². The van der Waals surface area contributed by atoms with Gasteiger partial charge in [0.15, 0.2) is 17.5 Å². The quantitative estimate of drug-likeness (QED) is 0.267. The molecule has 0 spiro atoms. The van der Waals surface area contributed by atoms with E-state index in [-0.39, 0.29) is 30.1 Å². The highest BCUT2D eigenvalue weighted by molar-refractivity contribution is 14.0. The number of halogens is 1. The van der Waals surface area contributed by atoms with Crippen molar-refractivity contribution in [3.05, 3.63) is 47.5 Å². The van der Waals surface area contributed by atoms with Gasteiger partial charge in [-0.2, -0.15) is 0 Å². The number of aliphatic imine (C=N–C) groups is 1. The van der Waals surface area contributed by atoms with Crippen LogP contribution in [0.3, 0.4) is 0 Å². The third kappa shape index (κ3) is 8.35. The number of benzene rings is 2. The van der Waals surface area contributed by atoms with E-state index < -0.39 is 0 Å². The molecular weight excluding hydrogens is 509 g/mol. The zero-order chi connectivity index (χ0) is 21.9. The van der Waals surface area contributed by atoms with Crippen LogP contribution in [0, 0.1) is 6.92 Å². The summed E-state index contributed by atoms with van der Waals surface area (Å²) in [6.45, 7) is 7.95. The summed E-state index contributed by atoms with van der Waals surface area (Å²) in [6, 6.07) is 11.8. The third-order valence-electron chi connectivity index (χ3n) is 4.40. The molecule has 0 aliphatic rings. The van der Waals surface area contributed by atoms with Crippen LogP contribution >= 0.6 is 24.0 Å². The maximum absolute atomic E-state index is 5.95. The van der Waals surface area contributed by atoms with E-state index in [4.69, 9.17) is 18.9 Å². The molecule has 7 nitrogen and oxygen atoms in total. The van der Waals surface area contributed by atoms with Crippen molar-refractivity contribution >= 4 is 29.9 Å². The van der Waals surface area contributed by atoms with Crippen LogP contribution in [0.1, 0.15) is 25.0 Å². The summed E-state index contributed by atoms with van der Waals surface area (Å²) < 4.78 is 22.2. The first-order valence-electron chi connectivity index (χ1n) is 10.0. The first-order chi connectivity index (χ1) is 14.5. The van der Waals surface area contributed by atoms with Crippen molar-refractivity contribution in [3.63, 3.8) is 0 Å². The highest BCUT2D eigenvalue weighted by Crippen LogP contribution is 2.38. The summed E-state index contributed by atoms with van der Waals surface area (Å²) in [7, 11) is 4.79. The predicted octanol–water partition coefficient (Wildman–Crippen LogP) is 4.16. The molecule has 2 aromatic carbocycles. The van der Waals surface area contributed by atoms with Gasteiger partial charge >= 0.3 is 0 Å². The molecule has 0 heterocycles. The highest BCUT2D eigenvalue weighted by atomic mass is 127. The van der Waals surface area contributed by atoms with Gasteiger partial charge < -0.3 is 29.6 Å². The van der Waals surface area contributed by atoms with Crippen LogP contribution in [0.15, 0.2) is 41.4 Å². The van der Waals surface area contributed by atoms with E-state index in [0.29, 0.717) is 36.3 Å². The van der Waals surface area contributed by atoms with Gasteiger partial charge in [-0.1, -0.05) is 17.7 Å². The number of rotatable bonds is 10. The number of aryl methyl sites for hydroxylation is 1. The Kier molecular flexibility index (Phi) is 11.9. The lowest BCUT2D eigenvalue weighted by molar-refractivity contribution is 0.224. The number of ether oxygens (including phenoxy) is 4. The van der Waals surface area contributed by atoms with Gasteiger partial charge in [0.05, 0.1) is 34.4 Å². The molecule has 8 heteroatoms. The summed E-state index contributed by atoms with van der Waals surface area (Å²) in [6.07, 6.45) is -0.0160. The molecule has 1 unspecified atom stereocenters. The Morgan fingerprint density at radius 3 is 2.10 bits per heavy atom. The Morgan fingerprint density at radius 2 is 1.58 bits per heavy atom. The van der Waals surface area contributed by atoms with Gasteiger partial charge in [0.25, 0.3) is 0 Å². The summed E-state index contributed by atoms with van der Waals surface area (Å²) in [5.74, 6) is 3.36. The molecule has 172 valence electrons. The van der Waals surface area contributed by atoms with Gasteiger partial charge in [-0.05, 0) is 50.6 Å². The molecule has 2 rings (SSSR count). The molecule has 0 fully saturated rings. The summed E-state index contributed by atoms with van der Waals surface area (Å²) >= 11 is 0. The van der Waals surface area contributed by atoms with Gasteiger partial charge in [0, 0.05) is 6.54 Å². The minimum absolute atomic E-state index is 0. The highest BCUT2D eigenvalue weighted by Gasteiger charge is 2.13. The van der Waals surface area contributed by atoms with Crippen molar-refractivity contribution < 1.29 is 18.9 Å². The number of guanidine groups is 1. The van der Waals surface area contributed by atoms with Gasteiger partial charge in [-0.3, -0.25) is 0 Å². The smallest absolute Gasteiger partial charge is 0.203 e. The monoisotopic (exact) mass is 543 g/mol. The van der Waals surface area contributed by atoms with Crippen molar-refractivity contribution in [1.29, 1.82) is 0 Å². The van der Waals surface area contributed by atoms with E-state index in [0.717, 1.165) is 17.9 Å². The Labute approximate surface area is 202 Å². The lowest BCUT2D eigenvalue weighted by Crippen LogP contribution is -2.41. The topological polar surface area (TPSA) is 73.3 Å². The summed E-state index contributed by atoms with van der Waals surface area (Å²) in [5, 5.41) is 6.58. The molecule has 2 aromatic rings. The molecule has 0 radical (unpaired) electrons. The zero-order valence-electron chi connectivity index (χ0n) is 19.2. The van der Waals surface area contributed by atoms with Crippen LogP contribution in [0.4, 0.5) is 0 Å². The fourth-order valence-corrected chi connectivity index (χ4v) is 2.87. The van der Waals surface area contributed by atoms with Crippen LogP contribution in [0.25, 0.3) is 0 Å². The van der Waals surface area contributed by atoms with Gasteiger partial charge in [-0.15, -0.1) is 24.0 Å². The molecule has 31 heavy (non-hydrogen) atoms. The van der Waals surface area contributed by atoms with Crippen LogP contribution in [-0.2, 0) is 6.54 Å². The molecular formula is C23H34IN3O4. The fraction of sp³-hybridized carbons (Fsp3) is 0.435. The second-order valence-electron chi connectivity index (χ2n) is 6.85. The van der Waals surface area contributed by atoms with Crippen molar-refractivity contribution in [1.82, 2.24) is 10.6 Å². The molecule has 0 amide bonds. The van der Waals surface area contributed by atoms with Crippen LogP contribution in [0.2, 0.25) is 0 Å². The van der Waals surface area contributed by atoms with Crippen LogP contribution < -0.4 is 29.6 Å². The predicted molar refractivity (Wildman–Crippen MR) is 136 cm³/mol. The number of methoxy groups -OCH3 is 3. The van der Waals surface area contributed by atoms with E-state index in [9.17, 15) is 0 Å². The van der Waals surface area contributed by atoms with E-state index >= 15 is 0 Å². The normalized spacial score (nSPS) is 11.7. The maximum Gasteiger partial charge on any atom is 0.203 e. The second kappa shape index (κ2) is 13.8. The lowest BCUT2D eigenvalue weighted by atomic mass is 10.2. The standard InChI is InChI=1S/C23H33N3O4.HI/c1-7-24-23(25-14-17(3)30-19-10-8-16(2)9-11-19)26-15-18-12-20(27-4)22(29-6)21(13-18)28-5;/h8-13,17H,7,14-15H2,1-6H3,(H2,24,25,26);1H. The van der Waals surface area contributed by atoms with Crippen molar-refractivity contribution in [2.75, 3.05) is 34.4 Å². The molecule has 0 aliphatic carbocycles. The maximum atomic E-state index is 5.95. The molecule has 0 aromatic heterocycles. The molecule has 1 atom stereocenters. The largest absolute Gasteiger partial charge is 0.493 e. The average Bonchev–Trinajstić information content (AvgIpc) is 2.76. The minimum Gasteiger partial charge on any atom is -0.493 e. The van der Waals surface area contributed by atoms with E-state index in [1.165, 1.54) is 5.56 Å². The SMILES string of the molecule is CCNC(=NCc1cc(OC)c(OC)c(OC)c1)NCC(C)Oc1ccc(C)cc1.I. The Bertz CT molecular complexity index is 803. The molecule has 0 bridgehead atoms. The van der Waals surface area contributed by atoms with Gasteiger partial charge in [-0.25, -0.2) is 4.99 Å². The first-order valence-corrected chi connectivity index (χ1v) is 10.0. The average molecular weight is 543 g/mol. The zero-order valence-corrected chi connectivity index (χ0v) is 21.5. The third-order valence-corrected chi connectivity index (χ3v) is 4.40. The van der Waals surface area contributed by atoms with E-state index in [1.807, 2.05) is 50.2 Å². The second-order valence-corrected chi connectivity index (χ2v) is 6.85. The molecule has 2 N–H and O–H groups in total. The van der Waals surface area contributed by atoms with Crippen molar-refractivity contribution in [2.45, 2.75) is 33.4 Å². The molecule has 0 saturated heterocycles. The number of hydrogen-bond donors (Lipinski definition) is 2. The van der Waals surface area contributed by atoms with E-state index in [2.05, 4.69) is 22.5 Å².